The molecule has 5 heteroatoms. The lowest BCUT2D eigenvalue weighted by atomic mass is 9.71. The molecule has 3 heterocycles. The van der Waals surface area contributed by atoms with Gasteiger partial charge in [0.25, 0.3) is 0 Å². The number of amides is 1. The van der Waals surface area contributed by atoms with E-state index in [4.69, 9.17) is 0 Å². The maximum atomic E-state index is 12.5. The maximum Gasteiger partial charge on any atom is 0.225 e. The van der Waals surface area contributed by atoms with Crippen molar-refractivity contribution in [3.05, 3.63) is 30.1 Å². The third kappa shape index (κ3) is 3.17. The molecule has 1 aliphatic heterocycles. The van der Waals surface area contributed by atoms with Crippen molar-refractivity contribution in [2.45, 2.75) is 51.7 Å². The average molecular weight is 341 g/mol. The van der Waals surface area contributed by atoms with Gasteiger partial charge < -0.3 is 14.6 Å². The molecular weight excluding hydrogens is 314 g/mol. The molecule has 25 heavy (non-hydrogen) atoms. The molecule has 1 N–H and O–H groups in total. The lowest BCUT2D eigenvalue weighted by Gasteiger charge is -2.43. The van der Waals surface area contributed by atoms with Crippen molar-refractivity contribution < 1.29 is 9.90 Å². The molecule has 5 nitrogen and oxygen atoms in total. The summed E-state index contributed by atoms with van der Waals surface area (Å²) in [6.07, 6.45) is 5.17. The number of aromatic nitrogens is 2. The fraction of sp³-hybridized carbons (Fsp3) is 0.600. The molecule has 0 radical (unpaired) electrons. The Morgan fingerprint density at radius 1 is 1.36 bits per heavy atom. The van der Waals surface area contributed by atoms with Gasteiger partial charge in [-0.3, -0.25) is 4.79 Å². The van der Waals surface area contributed by atoms with E-state index in [1.807, 2.05) is 24.1 Å². The highest BCUT2D eigenvalue weighted by Gasteiger charge is 2.44. The minimum atomic E-state index is -0.626. The molecule has 2 aromatic rings. The summed E-state index contributed by atoms with van der Waals surface area (Å²) in [5.74, 6) is 0.866. The number of likely N-dealkylation sites (tertiary alicyclic amines) is 1. The van der Waals surface area contributed by atoms with E-state index in [0.717, 1.165) is 38.1 Å². The molecule has 1 amide bonds. The average Bonchev–Trinajstić information content (AvgIpc) is 2.88. The van der Waals surface area contributed by atoms with Gasteiger partial charge in [0.2, 0.25) is 5.91 Å². The Kier molecular flexibility index (Phi) is 4.07. The van der Waals surface area contributed by atoms with E-state index in [0.29, 0.717) is 18.8 Å². The van der Waals surface area contributed by atoms with Crippen molar-refractivity contribution >= 4 is 16.9 Å². The van der Waals surface area contributed by atoms with E-state index in [1.165, 1.54) is 11.1 Å². The van der Waals surface area contributed by atoms with E-state index >= 15 is 0 Å². The first-order chi connectivity index (χ1) is 11.9. The zero-order valence-corrected chi connectivity index (χ0v) is 15.1. The molecular formula is C20H27N3O2. The molecule has 4 rings (SSSR count). The minimum absolute atomic E-state index is 0.0337. The number of hydrogen-bond donors (Lipinski definition) is 1. The summed E-state index contributed by atoms with van der Waals surface area (Å²) >= 11 is 0. The molecule has 1 saturated carbocycles. The van der Waals surface area contributed by atoms with Crippen molar-refractivity contribution in [1.82, 2.24) is 14.5 Å². The van der Waals surface area contributed by atoms with E-state index < -0.39 is 5.60 Å². The summed E-state index contributed by atoms with van der Waals surface area (Å²) < 4.78 is 2.32. The molecule has 0 spiro atoms. The zero-order chi connectivity index (χ0) is 17.6. The van der Waals surface area contributed by atoms with Crippen LogP contribution in [-0.4, -0.2) is 44.2 Å². The lowest BCUT2D eigenvalue weighted by Crippen LogP contribution is -2.51. The van der Waals surface area contributed by atoms with Crippen LogP contribution >= 0.6 is 0 Å². The quantitative estimate of drug-likeness (QED) is 0.934. The normalized spacial score (nSPS) is 27.5. The smallest absolute Gasteiger partial charge is 0.225 e. The van der Waals surface area contributed by atoms with E-state index in [9.17, 15) is 9.90 Å². The number of piperidine rings is 1. The summed E-state index contributed by atoms with van der Waals surface area (Å²) in [6, 6.07) is 6.29. The molecule has 1 aliphatic carbocycles. The number of fused-ring (bicyclic) bond motifs is 1. The highest BCUT2D eigenvalue weighted by Crippen LogP contribution is 2.39. The fourth-order valence-electron chi connectivity index (χ4n) is 4.48. The van der Waals surface area contributed by atoms with Gasteiger partial charge in [-0.25, -0.2) is 4.98 Å². The molecule has 0 atom stereocenters. The van der Waals surface area contributed by atoms with Crippen LogP contribution in [0.15, 0.2) is 24.4 Å². The number of rotatable bonds is 3. The first-order valence-corrected chi connectivity index (χ1v) is 9.35. The van der Waals surface area contributed by atoms with Crippen molar-refractivity contribution in [1.29, 1.82) is 0 Å². The maximum absolute atomic E-state index is 12.5. The Morgan fingerprint density at radius 2 is 2.08 bits per heavy atom. The van der Waals surface area contributed by atoms with Gasteiger partial charge in [-0.1, -0.05) is 0 Å². The van der Waals surface area contributed by atoms with Gasteiger partial charge in [0.1, 0.15) is 5.65 Å². The number of carbonyl (C=O) groups is 1. The number of hydrogen-bond acceptors (Lipinski definition) is 3. The molecule has 2 fully saturated rings. The highest BCUT2D eigenvalue weighted by molar-refractivity contribution is 5.80. The van der Waals surface area contributed by atoms with Crippen LogP contribution in [-0.2, 0) is 11.3 Å². The highest BCUT2D eigenvalue weighted by atomic mass is 16.3. The SMILES string of the molecule is Cc1cc2cccnc2n1CC1CCN(C(=O)C2CC(C)(O)C2)CC1. The predicted octanol–water partition coefficient (Wildman–Crippen LogP) is 2.74. The summed E-state index contributed by atoms with van der Waals surface area (Å²) in [5, 5.41) is 11.0. The topological polar surface area (TPSA) is 58.4 Å². The summed E-state index contributed by atoms with van der Waals surface area (Å²) in [4.78, 5) is 19.1. The number of pyridine rings is 1. The van der Waals surface area contributed by atoms with Crippen LogP contribution in [0.1, 0.15) is 38.3 Å². The number of carbonyl (C=O) groups excluding carboxylic acids is 1. The molecule has 0 aromatic carbocycles. The Hall–Kier alpha value is -1.88. The summed E-state index contributed by atoms with van der Waals surface area (Å²) in [5.41, 5.74) is 1.69. The van der Waals surface area contributed by atoms with Crippen LogP contribution in [0.3, 0.4) is 0 Å². The molecule has 2 aliphatic rings. The second-order valence-corrected chi connectivity index (χ2v) is 8.18. The van der Waals surface area contributed by atoms with E-state index in [1.54, 1.807) is 0 Å². The molecule has 0 unspecified atom stereocenters. The van der Waals surface area contributed by atoms with Gasteiger partial charge in [0.05, 0.1) is 5.60 Å². The van der Waals surface area contributed by atoms with Crippen LogP contribution in [0.4, 0.5) is 0 Å². The number of aliphatic hydroxyl groups is 1. The van der Waals surface area contributed by atoms with Gasteiger partial charge in [0, 0.05) is 42.8 Å². The second-order valence-electron chi connectivity index (χ2n) is 8.18. The fourth-order valence-corrected chi connectivity index (χ4v) is 4.48. The third-order valence-electron chi connectivity index (χ3n) is 5.95. The van der Waals surface area contributed by atoms with E-state index in [-0.39, 0.29) is 11.8 Å². The largest absolute Gasteiger partial charge is 0.390 e. The van der Waals surface area contributed by atoms with Crippen LogP contribution in [0.2, 0.25) is 0 Å². The second kappa shape index (κ2) is 6.13. The van der Waals surface area contributed by atoms with Gasteiger partial charge >= 0.3 is 0 Å². The standard InChI is InChI=1S/C20H27N3O2/c1-14-10-16-4-3-7-21-18(16)23(14)13-15-5-8-22(9-6-15)19(24)17-11-20(2,25)12-17/h3-4,7,10,15,17,25H,5-6,8-9,11-13H2,1-2H3. The van der Waals surface area contributed by atoms with Crippen molar-refractivity contribution in [3.63, 3.8) is 0 Å². The van der Waals surface area contributed by atoms with Crippen LogP contribution in [0.5, 0.6) is 0 Å². The molecule has 2 aromatic heterocycles. The molecule has 134 valence electrons. The van der Waals surface area contributed by atoms with Crippen molar-refractivity contribution in [3.8, 4) is 0 Å². The lowest BCUT2D eigenvalue weighted by molar-refractivity contribution is -0.151. The van der Waals surface area contributed by atoms with Crippen LogP contribution in [0.25, 0.3) is 11.0 Å². The Morgan fingerprint density at radius 3 is 2.76 bits per heavy atom. The molecule has 0 bridgehead atoms. The predicted molar refractivity (Wildman–Crippen MR) is 97.1 cm³/mol. The van der Waals surface area contributed by atoms with Gasteiger partial charge in [0.15, 0.2) is 0 Å². The van der Waals surface area contributed by atoms with E-state index in [2.05, 4.69) is 28.6 Å². The monoisotopic (exact) mass is 341 g/mol. The Balaban J connectivity index is 1.36. The summed E-state index contributed by atoms with van der Waals surface area (Å²) in [6.45, 7) is 6.62. The van der Waals surface area contributed by atoms with Crippen molar-refractivity contribution in [2.75, 3.05) is 13.1 Å². The number of aryl methyl sites for hydroxylation is 1. The van der Waals surface area contributed by atoms with Crippen LogP contribution < -0.4 is 0 Å². The van der Waals surface area contributed by atoms with Gasteiger partial charge in [-0.2, -0.15) is 0 Å². The Labute approximate surface area is 148 Å². The van der Waals surface area contributed by atoms with Crippen molar-refractivity contribution in [2.24, 2.45) is 11.8 Å². The zero-order valence-electron chi connectivity index (χ0n) is 15.1. The first kappa shape index (κ1) is 16.6. The summed E-state index contributed by atoms with van der Waals surface area (Å²) in [7, 11) is 0. The first-order valence-electron chi connectivity index (χ1n) is 9.35. The van der Waals surface area contributed by atoms with Crippen LogP contribution in [0, 0.1) is 18.8 Å². The number of nitrogens with zero attached hydrogens (tertiary/aromatic N) is 3. The minimum Gasteiger partial charge on any atom is -0.390 e. The van der Waals surface area contributed by atoms with Gasteiger partial charge in [-0.15, -0.1) is 0 Å². The van der Waals surface area contributed by atoms with Gasteiger partial charge in [-0.05, 0) is 63.6 Å². The Bertz CT molecular complexity index is 779. The molecule has 1 saturated heterocycles. The third-order valence-corrected chi connectivity index (χ3v) is 5.95.